The van der Waals surface area contributed by atoms with E-state index in [9.17, 15) is 0 Å². The zero-order chi connectivity index (χ0) is 11.5. The minimum Gasteiger partial charge on any atom is -0.492 e. The third kappa shape index (κ3) is 1.48. The number of methoxy groups -OCH3 is 2. The number of ether oxygens (including phenoxy) is 4. The van der Waals surface area contributed by atoms with Gasteiger partial charge >= 0.3 is 0 Å². The molecule has 0 saturated heterocycles. The first-order valence-electron chi connectivity index (χ1n) is 4.53. The summed E-state index contributed by atoms with van der Waals surface area (Å²) >= 11 is 0. The van der Waals surface area contributed by atoms with E-state index in [0.29, 0.717) is 28.6 Å². The molecule has 0 atom stereocenters. The van der Waals surface area contributed by atoms with Crippen LogP contribution in [0.15, 0.2) is 11.2 Å². The Balaban J connectivity index is 2.63. The molecule has 0 spiro atoms. The first kappa shape index (κ1) is 10.4. The maximum absolute atomic E-state index is 8.55. The van der Waals surface area contributed by atoms with Gasteiger partial charge in [-0.1, -0.05) is 5.16 Å². The van der Waals surface area contributed by atoms with Crippen molar-refractivity contribution in [3.05, 3.63) is 11.6 Å². The normalized spacial score (nSPS) is 13.1. The van der Waals surface area contributed by atoms with Crippen LogP contribution in [0.2, 0.25) is 0 Å². The van der Waals surface area contributed by atoms with Gasteiger partial charge in [-0.05, 0) is 6.07 Å². The molecule has 2 rings (SSSR count). The number of benzene rings is 1. The lowest BCUT2D eigenvalue weighted by Gasteiger charge is -2.12. The molecule has 16 heavy (non-hydrogen) atoms. The molecule has 0 unspecified atom stereocenters. The van der Waals surface area contributed by atoms with Gasteiger partial charge in [0.2, 0.25) is 18.3 Å². The second-order valence-corrected chi connectivity index (χ2v) is 3.01. The highest BCUT2D eigenvalue weighted by Crippen LogP contribution is 2.48. The lowest BCUT2D eigenvalue weighted by molar-refractivity contribution is 0.170. The topological polar surface area (TPSA) is 69.5 Å². The van der Waals surface area contributed by atoms with Crippen molar-refractivity contribution in [1.29, 1.82) is 0 Å². The molecular formula is C10H11NO5. The summed E-state index contributed by atoms with van der Waals surface area (Å²) in [6, 6.07) is 1.66. The van der Waals surface area contributed by atoms with Crippen LogP contribution in [0.4, 0.5) is 0 Å². The van der Waals surface area contributed by atoms with Crippen LogP contribution in [-0.2, 0) is 0 Å². The molecule has 0 bridgehead atoms. The molecule has 6 heteroatoms. The Bertz CT molecular complexity index is 430. The molecule has 1 aliphatic heterocycles. The standard InChI is InChI=1S/C10H11NO5/c1-13-8-6(4-11-12)3-7-9(10(8)14-2)16-5-15-7/h3-4,12H,5H2,1-2H3/b11-4+. The average molecular weight is 225 g/mol. The van der Waals surface area contributed by atoms with E-state index in [1.807, 2.05) is 0 Å². The summed E-state index contributed by atoms with van der Waals surface area (Å²) in [5.41, 5.74) is 0.547. The molecule has 86 valence electrons. The summed E-state index contributed by atoms with van der Waals surface area (Å²) in [5.74, 6) is 1.89. The Labute approximate surface area is 92.0 Å². The lowest BCUT2D eigenvalue weighted by atomic mass is 10.1. The number of oxime groups is 1. The minimum atomic E-state index is 0.134. The van der Waals surface area contributed by atoms with Crippen LogP contribution in [0, 0.1) is 0 Å². The molecule has 1 aliphatic rings. The van der Waals surface area contributed by atoms with Gasteiger partial charge in [0.05, 0.1) is 20.4 Å². The zero-order valence-electron chi connectivity index (χ0n) is 8.89. The van der Waals surface area contributed by atoms with Crippen molar-refractivity contribution in [3.63, 3.8) is 0 Å². The Morgan fingerprint density at radius 1 is 1.31 bits per heavy atom. The summed E-state index contributed by atoms with van der Waals surface area (Å²) in [7, 11) is 2.99. The van der Waals surface area contributed by atoms with Gasteiger partial charge in [-0.15, -0.1) is 0 Å². The highest BCUT2D eigenvalue weighted by molar-refractivity contribution is 5.87. The molecule has 0 radical (unpaired) electrons. The summed E-state index contributed by atoms with van der Waals surface area (Å²) in [4.78, 5) is 0. The number of rotatable bonds is 3. The molecule has 0 amide bonds. The SMILES string of the molecule is COc1c(/C=N/O)cc2c(c1OC)OCO2. The average Bonchev–Trinajstić information content (AvgIpc) is 2.75. The van der Waals surface area contributed by atoms with E-state index in [-0.39, 0.29) is 6.79 Å². The van der Waals surface area contributed by atoms with Crippen molar-refractivity contribution < 1.29 is 24.2 Å². The number of hydrogen-bond donors (Lipinski definition) is 1. The predicted molar refractivity (Wildman–Crippen MR) is 55.0 cm³/mol. The predicted octanol–water partition coefficient (Wildman–Crippen LogP) is 1.24. The van der Waals surface area contributed by atoms with Crippen LogP contribution in [0.3, 0.4) is 0 Å². The smallest absolute Gasteiger partial charge is 0.231 e. The van der Waals surface area contributed by atoms with Crippen LogP contribution in [0.25, 0.3) is 0 Å². The Kier molecular flexibility index (Phi) is 2.72. The van der Waals surface area contributed by atoms with E-state index >= 15 is 0 Å². The molecule has 6 nitrogen and oxygen atoms in total. The molecule has 1 N–H and O–H groups in total. The van der Waals surface area contributed by atoms with Gasteiger partial charge in [0.15, 0.2) is 11.5 Å². The second-order valence-electron chi connectivity index (χ2n) is 3.01. The van der Waals surface area contributed by atoms with Crippen molar-refractivity contribution in [1.82, 2.24) is 0 Å². The second kappa shape index (κ2) is 4.18. The van der Waals surface area contributed by atoms with Gasteiger partial charge in [0.25, 0.3) is 0 Å². The van der Waals surface area contributed by atoms with Crippen LogP contribution in [0.5, 0.6) is 23.0 Å². The monoisotopic (exact) mass is 225 g/mol. The van der Waals surface area contributed by atoms with E-state index in [1.54, 1.807) is 6.07 Å². The van der Waals surface area contributed by atoms with Crippen LogP contribution < -0.4 is 18.9 Å². The fourth-order valence-corrected chi connectivity index (χ4v) is 1.57. The van der Waals surface area contributed by atoms with Gasteiger partial charge in [-0.25, -0.2) is 0 Å². The van der Waals surface area contributed by atoms with E-state index < -0.39 is 0 Å². The molecule has 1 aromatic rings. The van der Waals surface area contributed by atoms with E-state index in [2.05, 4.69) is 5.16 Å². The van der Waals surface area contributed by atoms with E-state index in [4.69, 9.17) is 24.2 Å². The first-order valence-corrected chi connectivity index (χ1v) is 4.53. The summed E-state index contributed by atoms with van der Waals surface area (Å²) < 4.78 is 20.9. The zero-order valence-corrected chi connectivity index (χ0v) is 8.89. The Morgan fingerprint density at radius 2 is 2.06 bits per heavy atom. The van der Waals surface area contributed by atoms with Crippen LogP contribution >= 0.6 is 0 Å². The maximum atomic E-state index is 8.55. The van der Waals surface area contributed by atoms with Crippen molar-refractivity contribution in [3.8, 4) is 23.0 Å². The van der Waals surface area contributed by atoms with Gasteiger partial charge in [0.1, 0.15) is 0 Å². The summed E-state index contributed by atoms with van der Waals surface area (Å²) in [5, 5.41) is 11.5. The van der Waals surface area contributed by atoms with Crippen molar-refractivity contribution in [2.24, 2.45) is 5.16 Å². The molecule has 1 aromatic carbocycles. The van der Waals surface area contributed by atoms with Crippen molar-refractivity contribution in [2.75, 3.05) is 21.0 Å². The molecule has 0 aromatic heterocycles. The van der Waals surface area contributed by atoms with Crippen molar-refractivity contribution in [2.45, 2.75) is 0 Å². The Morgan fingerprint density at radius 3 is 2.69 bits per heavy atom. The third-order valence-corrected chi connectivity index (χ3v) is 2.21. The minimum absolute atomic E-state index is 0.134. The molecule has 0 fully saturated rings. The molecule has 0 aliphatic carbocycles. The fourth-order valence-electron chi connectivity index (χ4n) is 1.57. The van der Waals surface area contributed by atoms with Gasteiger partial charge in [0, 0.05) is 5.56 Å². The van der Waals surface area contributed by atoms with Crippen LogP contribution in [0.1, 0.15) is 5.56 Å². The molecule has 0 saturated carbocycles. The van der Waals surface area contributed by atoms with Gasteiger partial charge in [-0.2, -0.15) is 0 Å². The van der Waals surface area contributed by atoms with E-state index in [1.165, 1.54) is 20.4 Å². The number of fused-ring (bicyclic) bond motifs is 1. The quantitative estimate of drug-likeness (QED) is 0.476. The maximum Gasteiger partial charge on any atom is 0.231 e. The molecular weight excluding hydrogens is 214 g/mol. The lowest BCUT2D eigenvalue weighted by Crippen LogP contribution is -1.97. The fraction of sp³-hybridized carbons (Fsp3) is 0.300. The van der Waals surface area contributed by atoms with Gasteiger partial charge < -0.3 is 24.2 Å². The number of hydrogen-bond acceptors (Lipinski definition) is 6. The van der Waals surface area contributed by atoms with Crippen LogP contribution in [-0.4, -0.2) is 32.4 Å². The number of nitrogens with zero attached hydrogens (tertiary/aromatic N) is 1. The highest BCUT2D eigenvalue weighted by Gasteiger charge is 2.25. The third-order valence-electron chi connectivity index (χ3n) is 2.21. The van der Waals surface area contributed by atoms with E-state index in [0.717, 1.165) is 0 Å². The summed E-state index contributed by atoms with van der Waals surface area (Å²) in [6.07, 6.45) is 1.24. The largest absolute Gasteiger partial charge is 0.492 e. The molecule has 1 heterocycles. The van der Waals surface area contributed by atoms with Gasteiger partial charge in [-0.3, -0.25) is 0 Å². The summed E-state index contributed by atoms with van der Waals surface area (Å²) in [6.45, 7) is 0.134. The van der Waals surface area contributed by atoms with Crippen molar-refractivity contribution >= 4 is 6.21 Å². The Hall–Kier alpha value is -2.11. The first-order chi connectivity index (χ1) is 7.81. The highest BCUT2D eigenvalue weighted by atomic mass is 16.7.